The van der Waals surface area contributed by atoms with E-state index in [1.165, 1.54) is 0 Å². The van der Waals surface area contributed by atoms with E-state index in [0.717, 1.165) is 43.2 Å². The predicted molar refractivity (Wildman–Crippen MR) is 169 cm³/mol. The van der Waals surface area contributed by atoms with Crippen LogP contribution in [0.5, 0.6) is 5.75 Å². The first-order valence-corrected chi connectivity index (χ1v) is 15.2. The Morgan fingerprint density at radius 1 is 0.929 bits per heavy atom. The summed E-state index contributed by atoms with van der Waals surface area (Å²) in [4.78, 5) is 43.1. The summed E-state index contributed by atoms with van der Waals surface area (Å²) >= 11 is 0. The fourth-order valence-corrected chi connectivity index (χ4v) is 4.78. The minimum Gasteiger partial charge on any atom is -0.497 e. The summed E-state index contributed by atoms with van der Waals surface area (Å²) in [6.45, 7) is 13.7. The van der Waals surface area contributed by atoms with E-state index >= 15 is 0 Å². The molecule has 2 rings (SSSR count). The molecule has 3 amide bonds. The Balaban J connectivity index is 2.55. The molecule has 0 saturated carbocycles. The van der Waals surface area contributed by atoms with Gasteiger partial charge in [0, 0.05) is 12.2 Å². The molecule has 0 spiro atoms. The largest absolute Gasteiger partial charge is 0.497 e. The number of carbonyl (C=O) groups excluding carboxylic acids is 3. The smallest absolute Gasteiger partial charge is 0.408 e. The van der Waals surface area contributed by atoms with Crippen LogP contribution >= 0.6 is 0 Å². The number of hydrogen-bond donors (Lipinski definition) is 2. The molecule has 0 aliphatic carbocycles. The number of unbranched alkanes of at least 4 members (excludes halogenated alkanes) is 4. The SMILES string of the molecule is CCCCCCCN(C(=O)C(NC(=O)OC(C)(C)C)C(C)CC)C(C(=O)Nc1ccc(OC)cc1)c1ccccc1C. The van der Waals surface area contributed by atoms with Crippen LogP contribution in [0.1, 0.15) is 97.2 Å². The van der Waals surface area contributed by atoms with Gasteiger partial charge in [-0.1, -0.05) is 77.1 Å². The number of benzene rings is 2. The molecule has 0 saturated heterocycles. The van der Waals surface area contributed by atoms with Gasteiger partial charge in [0.1, 0.15) is 23.4 Å². The second kappa shape index (κ2) is 16.8. The molecule has 2 aromatic carbocycles. The lowest BCUT2D eigenvalue weighted by Crippen LogP contribution is -2.55. The van der Waals surface area contributed by atoms with Crippen molar-refractivity contribution >= 4 is 23.6 Å². The summed E-state index contributed by atoms with van der Waals surface area (Å²) in [6, 6.07) is 13.0. The van der Waals surface area contributed by atoms with Gasteiger partial charge in [-0.25, -0.2) is 4.79 Å². The van der Waals surface area contributed by atoms with Crippen molar-refractivity contribution in [1.82, 2.24) is 10.2 Å². The van der Waals surface area contributed by atoms with Crippen molar-refractivity contribution in [3.63, 3.8) is 0 Å². The zero-order valence-electron chi connectivity index (χ0n) is 26.8. The van der Waals surface area contributed by atoms with Gasteiger partial charge < -0.3 is 25.0 Å². The number of rotatable bonds is 15. The lowest BCUT2D eigenvalue weighted by Gasteiger charge is -2.36. The fourth-order valence-electron chi connectivity index (χ4n) is 4.78. The first-order valence-electron chi connectivity index (χ1n) is 15.2. The summed E-state index contributed by atoms with van der Waals surface area (Å²) in [6.07, 6.45) is 4.95. The molecule has 232 valence electrons. The Morgan fingerprint density at radius 3 is 2.14 bits per heavy atom. The third-order valence-corrected chi connectivity index (χ3v) is 7.34. The minimum atomic E-state index is -0.904. The van der Waals surface area contributed by atoms with E-state index in [0.29, 0.717) is 24.4 Å². The van der Waals surface area contributed by atoms with Crippen molar-refractivity contribution in [2.75, 3.05) is 19.0 Å². The van der Waals surface area contributed by atoms with Crippen molar-refractivity contribution < 1.29 is 23.9 Å². The van der Waals surface area contributed by atoms with Crippen LogP contribution in [-0.2, 0) is 14.3 Å². The molecule has 0 fully saturated rings. The topological polar surface area (TPSA) is 97.0 Å². The second-order valence-electron chi connectivity index (χ2n) is 11.9. The first kappa shape index (κ1) is 34.7. The van der Waals surface area contributed by atoms with Crippen molar-refractivity contribution in [3.8, 4) is 5.75 Å². The average molecular weight is 582 g/mol. The van der Waals surface area contributed by atoms with E-state index in [1.807, 2.05) is 45.0 Å². The molecule has 3 atom stereocenters. The van der Waals surface area contributed by atoms with Gasteiger partial charge in [-0.3, -0.25) is 9.59 Å². The van der Waals surface area contributed by atoms with Gasteiger partial charge in [0.2, 0.25) is 5.91 Å². The maximum absolute atomic E-state index is 14.5. The molecule has 2 N–H and O–H groups in total. The van der Waals surface area contributed by atoms with Gasteiger partial charge in [0.25, 0.3) is 5.91 Å². The van der Waals surface area contributed by atoms with Crippen LogP contribution in [0.4, 0.5) is 10.5 Å². The van der Waals surface area contributed by atoms with Crippen LogP contribution in [0.15, 0.2) is 48.5 Å². The zero-order chi connectivity index (χ0) is 31.3. The van der Waals surface area contributed by atoms with Crippen molar-refractivity contribution in [1.29, 1.82) is 0 Å². The normalized spacial score (nSPS) is 13.4. The fraction of sp³-hybridized carbons (Fsp3) is 0.559. The van der Waals surface area contributed by atoms with Gasteiger partial charge in [-0.2, -0.15) is 0 Å². The third kappa shape index (κ3) is 10.7. The lowest BCUT2D eigenvalue weighted by atomic mass is 9.94. The minimum absolute atomic E-state index is 0.185. The summed E-state index contributed by atoms with van der Waals surface area (Å²) in [5.41, 5.74) is 1.52. The number of amides is 3. The van der Waals surface area contributed by atoms with Crippen molar-refractivity contribution in [2.45, 2.75) is 105 Å². The highest BCUT2D eigenvalue weighted by Gasteiger charge is 2.38. The molecule has 0 radical (unpaired) electrons. The first-order chi connectivity index (χ1) is 19.9. The molecule has 0 aliphatic rings. The van der Waals surface area contributed by atoms with E-state index in [2.05, 4.69) is 17.6 Å². The number of hydrogen-bond acceptors (Lipinski definition) is 5. The molecule has 0 bridgehead atoms. The standard InChI is InChI=1S/C34H51N3O5/c1-9-11-12-13-16-23-37(32(39)29(24(3)10-2)36-33(40)42-34(5,6)7)30(28-18-15-14-17-25(28)4)31(38)35-26-19-21-27(41-8)22-20-26/h14-15,17-22,24,29-30H,9-13,16,23H2,1-8H3,(H,35,38)(H,36,40). The molecule has 0 aromatic heterocycles. The number of nitrogens with one attached hydrogen (secondary N) is 2. The van der Waals surface area contributed by atoms with Crippen LogP contribution in [0.2, 0.25) is 0 Å². The van der Waals surface area contributed by atoms with Crippen LogP contribution < -0.4 is 15.4 Å². The Morgan fingerprint density at radius 2 is 1.57 bits per heavy atom. The maximum atomic E-state index is 14.5. The quantitative estimate of drug-likeness (QED) is 0.213. The van der Waals surface area contributed by atoms with Crippen LogP contribution in [0.25, 0.3) is 0 Å². The highest BCUT2D eigenvalue weighted by atomic mass is 16.6. The Hall–Kier alpha value is -3.55. The second-order valence-corrected chi connectivity index (χ2v) is 11.9. The molecule has 3 unspecified atom stereocenters. The van der Waals surface area contributed by atoms with Crippen LogP contribution in [0.3, 0.4) is 0 Å². The third-order valence-electron chi connectivity index (χ3n) is 7.34. The van der Waals surface area contributed by atoms with E-state index in [-0.39, 0.29) is 17.7 Å². The lowest BCUT2D eigenvalue weighted by molar-refractivity contribution is -0.142. The van der Waals surface area contributed by atoms with Gasteiger partial charge >= 0.3 is 6.09 Å². The van der Waals surface area contributed by atoms with E-state index in [9.17, 15) is 14.4 Å². The predicted octanol–water partition coefficient (Wildman–Crippen LogP) is 7.42. The van der Waals surface area contributed by atoms with Crippen molar-refractivity contribution in [3.05, 3.63) is 59.7 Å². The Bertz CT molecular complexity index is 1140. The van der Waals surface area contributed by atoms with Gasteiger partial charge in [0.05, 0.1) is 7.11 Å². The summed E-state index contributed by atoms with van der Waals surface area (Å²) in [5, 5.41) is 5.86. The average Bonchev–Trinajstić information content (AvgIpc) is 2.94. The number of carbonyl (C=O) groups is 3. The van der Waals surface area contributed by atoms with Crippen LogP contribution in [0, 0.1) is 12.8 Å². The molecule has 2 aromatic rings. The number of methoxy groups -OCH3 is 1. The summed E-state index contributed by atoms with van der Waals surface area (Å²) < 4.78 is 10.8. The Kier molecular flexibility index (Phi) is 13.8. The monoisotopic (exact) mass is 581 g/mol. The summed E-state index contributed by atoms with van der Waals surface area (Å²) in [7, 11) is 1.59. The highest BCUT2D eigenvalue weighted by Crippen LogP contribution is 2.29. The van der Waals surface area contributed by atoms with Gasteiger partial charge in [-0.15, -0.1) is 0 Å². The van der Waals surface area contributed by atoms with Gasteiger partial charge in [0.15, 0.2) is 0 Å². The number of aryl methyl sites for hydroxylation is 1. The zero-order valence-corrected chi connectivity index (χ0v) is 26.8. The maximum Gasteiger partial charge on any atom is 0.408 e. The Labute approximate surface area is 252 Å². The molecule has 8 heteroatoms. The molecular weight excluding hydrogens is 530 g/mol. The van der Waals surface area contributed by atoms with Crippen LogP contribution in [-0.4, -0.2) is 48.1 Å². The molecule has 42 heavy (non-hydrogen) atoms. The molecular formula is C34H51N3O5. The number of nitrogens with zero attached hydrogens (tertiary/aromatic N) is 1. The van der Waals surface area contributed by atoms with Crippen molar-refractivity contribution in [2.24, 2.45) is 5.92 Å². The van der Waals surface area contributed by atoms with E-state index in [1.54, 1.807) is 57.0 Å². The van der Waals surface area contributed by atoms with E-state index in [4.69, 9.17) is 9.47 Å². The van der Waals surface area contributed by atoms with Gasteiger partial charge in [-0.05, 0) is 75.4 Å². The molecule has 8 nitrogen and oxygen atoms in total. The molecule has 0 aliphatic heterocycles. The number of ether oxygens (including phenoxy) is 2. The summed E-state index contributed by atoms with van der Waals surface area (Å²) in [5.74, 6) is -0.132. The van der Waals surface area contributed by atoms with E-state index < -0.39 is 23.8 Å². The molecule has 0 heterocycles. The number of alkyl carbamates (subject to hydrolysis) is 1. The number of anilines is 1. The highest BCUT2D eigenvalue weighted by molar-refractivity contribution is 5.99.